The predicted octanol–water partition coefficient (Wildman–Crippen LogP) is 4.72. The van der Waals surface area contributed by atoms with E-state index < -0.39 is 11.9 Å². The maximum atomic E-state index is 12.6. The number of carbonyl (C=O) groups is 3. The highest BCUT2D eigenvalue weighted by molar-refractivity contribution is 6.30. The number of hydrogen-bond donors (Lipinski definition) is 2. The lowest BCUT2D eigenvalue weighted by Gasteiger charge is -2.32. The second kappa shape index (κ2) is 14.5. The molecule has 2 heterocycles. The van der Waals surface area contributed by atoms with Crippen LogP contribution in [-0.2, 0) is 26.1 Å². The van der Waals surface area contributed by atoms with Crippen LogP contribution in [0, 0.1) is 0 Å². The maximum Gasteiger partial charge on any atom is 0.323 e. The number of nitrogens with zero attached hydrogens (tertiary/aromatic N) is 3. The number of carbonyl (C=O) groups excluding carboxylic acids is 3. The molecular weight excluding hydrogens is 550 g/mol. The van der Waals surface area contributed by atoms with Crippen LogP contribution < -0.4 is 15.4 Å². The van der Waals surface area contributed by atoms with Crippen LogP contribution in [0.1, 0.15) is 25.7 Å². The molecule has 218 valence electrons. The number of hydrogen-bond acceptors (Lipinski definition) is 8. The van der Waals surface area contributed by atoms with Gasteiger partial charge >= 0.3 is 18.0 Å². The van der Waals surface area contributed by atoms with Gasteiger partial charge in [0.25, 0.3) is 0 Å². The number of nitrogens with one attached hydrogen (secondary N) is 2. The fourth-order valence-corrected chi connectivity index (χ4v) is 4.67. The van der Waals surface area contributed by atoms with Crippen LogP contribution >= 0.6 is 11.6 Å². The Hall–Kier alpha value is -4.09. The third-order valence-corrected chi connectivity index (χ3v) is 6.87. The average molecular weight is 584 g/mol. The SMILES string of the molecule is COC(=O)CCC(=O)OC1CCCN(CCOc2ccc(NC(=O)Nc3ccc(Cl)cc3)cc2-c2ccnn2C)C1. The Morgan fingerprint density at radius 3 is 2.49 bits per heavy atom. The molecule has 1 atom stereocenters. The van der Waals surface area contributed by atoms with Gasteiger partial charge in [-0.2, -0.15) is 5.10 Å². The number of rotatable bonds is 11. The molecule has 1 fully saturated rings. The van der Waals surface area contributed by atoms with E-state index in [1.54, 1.807) is 41.2 Å². The van der Waals surface area contributed by atoms with Gasteiger partial charge in [-0.3, -0.25) is 19.2 Å². The van der Waals surface area contributed by atoms with Crippen molar-refractivity contribution in [2.75, 3.05) is 44.0 Å². The molecule has 1 unspecified atom stereocenters. The van der Waals surface area contributed by atoms with Crippen LogP contribution in [0.2, 0.25) is 5.02 Å². The van der Waals surface area contributed by atoms with Crippen molar-refractivity contribution in [2.24, 2.45) is 7.05 Å². The number of methoxy groups -OCH3 is 1. The molecule has 2 aromatic carbocycles. The molecule has 0 bridgehead atoms. The van der Waals surface area contributed by atoms with Crippen molar-refractivity contribution in [1.29, 1.82) is 0 Å². The van der Waals surface area contributed by atoms with Crippen molar-refractivity contribution < 1.29 is 28.6 Å². The smallest absolute Gasteiger partial charge is 0.323 e. The maximum absolute atomic E-state index is 12.6. The number of aromatic nitrogens is 2. The van der Waals surface area contributed by atoms with Crippen molar-refractivity contribution in [2.45, 2.75) is 31.8 Å². The average Bonchev–Trinajstić information content (AvgIpc) is 3.39. The van der Waals surface area contributed by atoms with E-state index in [1.807, 2.05) is 25.2 Å². The first-order valence-electron chi connectivity index (χ1n) is 13.4. The first-order valence-corrected chi connectivity index (χ1v) is 13.8. The zero-order valence-electron chi connectivity index (χ0n) is 23.1. The van der Waals surface area contributed by atoms with Gasteiger partial charge in [0.05, 0.1) is 25.6 Å². The van der Waals surface area contributed by atoms with Gasteiger partial charge in [0, 0.05) is 48.3 Å². The molecule has 3 aromatic rings. The van der Waals surface area contributed by atoms with E-state index in [0.717, 1.165) is 30.6 Å². The summed E-state index contributed by atoms with van der Waals surface area (Å²) in [6, 6.07) is 13.8. The molecule has 1 aliphatic heterocycles. The summed E-state index contributed by atoms with van der Waals surface area (Å²) in [6.07, 6.45) is 3.19. The second-order valence-corrected chi connectivity index (χ2v) is 10.1. The molecule has 1 aliphatic rings. The third-order valence-electron chi connectivity index (χ3n) is 6.62. The van der Waals surface area contributed by atoms with Crippen LogP contribution in [0.25, 0.3) is 11.3 Å². The standard InChI is InChI=1S/C29H34ClN5O6/c1-34-25(13-14-31-34)24-18-22(33-29(38)32-21-7-5-20(30)6-8-21)9-10-26(24)40-17-16-35-15-3-4-23(19-35)41-28(37)12-11-27(36)39-2/h5-10,13-14,18,23H,3-4,11-12,15-17,19H2,1-2H3,(H2,32,33,38). The summed E-state index contributed by atoms with van der Waals surface area (Å²) >= 11 is 5.92. The van der Waals surface area contributed by atoms with Gasteiger partial charge in [-0.25, -0.2) is 4.79 Å². The highest BCUT2D eigenvalue weighted by Crippen LogP contribution is 2.32. The lowest BCUT2D eigenvalue weighted by atomic mass is 10.1. The Kier molecular flexibility index (Phi) is 10.6. The quantitative estimate of drug-likeness (QED) is 0.311. The number of likely N-dealkylation sites (tertiary alicyclic amines) is 1. The Morgan fingerprint density at radius 1 is 1.02 bits per heavy atom. The minimum Gasteiger partial charge on any atom is -0.492 e. The molecular formula is C29H34ClN5O6. The summed E-state index contributed by atoms with van der Waals surface area (Å²) in [5.41, 5.74) is 2.83. The van der Waals surface area contributed by atoms with Gasteiger partial charge in [0.1, 0.15) is 18.5 Å². The van der Waals surface area contributed by atoms with Crippen molar-refractivity contribution in [3.8, 4) is 17.0 Å². The van der Waals surface area contributed by atoms with Gasteiger partial charge in [0.2, 0.25) is 0 Å². The molecule has 0 aliphatic carbocycles. The molecule has 0 radical (unpaired) electrons. The summed E-state index contributed by atoms with van der Waals surface area (Å²) in [7, 11) is 3.13. The van der Waals surface area contributed by atoms with Crippen LogP contribution in [-0.4, -0.2) is 72.1 Å². The van der Waals surface area contributed by atoms with Crippen LogP contribution in [0.15, 0.2) is 54.7 Å². The predicted molar refractivity (Wildman–Crippen MR) is 155 cm³/mol. The van der Waals surface area contributed by atoms with Gasteiger partial charge in [-0.05, 0) is 67.9 Å². The third kappa shape index (κ3) is 8.95. The minimum atomic E-state index is -0.431. The number of benzene rings is 2. The van der Waals surface area contributed by atoms with Crippen LogP contribution in [0.5, 0.6) is 5.75 Å². The number of esters is 2. The first-order chi connectivity index (χ1) is 19.8. The lowest BCUT2D eigenvalue weighted by Crippen LogP contribution is -2.42. The Morgan fingerprint density at radius 2 is 1.76 bits per heavy atom. The Bertz CT molecular complexity index is 1350. The van der Waals surface area contributed by atoms with E-state index >= 15 is 0 Å². The molecule has 4 rings (SSSR count). The highest BCUT2D eigenvalue weighted by Gasteiger charge is 2.23. The molecule has 1 aromatic heterocycles. The van der Waals surface area contributed by atoms with Gasteiger partial charge in [-0.1, -0.05) is 11.6 Å². The number of anilines is 2. The zero-order chi connectivity index (χ0) is 29.2. The lowest BCUT2D eigenvalue weighted by molar-refractivity contribution is -0.154. The normalized spacial score (nSPS) is 15.1. The van der Waals surface area contributed by atoms with E-state index in [9.17, 15) is 14.4 Å². The van der Waals surface area contributed by atoms with Crippen LogP contribution in [0.3, 0.4) is 0 Å². The fraction of sp³-hybridized carbons (Fsp3) is 0.379. The van der Waals surface area contributed by atoms with Gasteiger partial charge < -0.3 is 24.8 Å². The fourth-order valence-electron chi connectivity index (χ4n) is 4.55. The van der Waals surface area contributed by atoms with Crippen molar-refractivity contribution in [1.82, 2.24) is 14.7 Å². The largest absolute Gasteiger partial charge is 0.492 e. The molecule has 0 spiro atoms. The zero-order valence-corrected chi connectivity index (χ0v) is 23.9. The summed E-state index contributed by atoms with van der Waals surface area (Å²) in [4.78, 5) is 38.1. The molecule has 12 heteroatoms. The highest BCUT2D eigenvalue weighted by atomic mass is 35.5. The summed E-state index contributed by atoms with van der Waals surface area (Å²) in [5.74, 6) is -0.171. The number of piperidine rings is 1. The first kappa shape index (κ1) is 29.9. The summed E-state index contributed by atoms with van der Waals surface area (Å²) in [5, 5.41) is 10.5. The second-order valence-electron chi connectivity index (χ2n) is 9.62. The van der Waals surface area contributed by atoms with Crippen molar-refractivity contribution in [3.05, 3.63) is 59.8 Å². The number of urea groups is 1. The van der Waals surface area contributed by atoms with Gasteiger partial charge in [-0.15, -0.1) is 0 Å². The van der Waals surface area contributed by atoms with Crippen LogP contribution in [0.4, 0.5) is 16.2 Å². The number of halogens is 1. The molecule has 11 nitrogen and oxygen atoms in total. The van der Waals surface area contributed by atoms with Gasteiger partial charge in [0.15, 0.2) is 0 Å². The molecule has 0 saturated carbocycles. The Labute approximate surface area is 243 Å². The number of aryl methyl sites for hydroxylation is 1. The number of ether oxygens (including phenoxy) is 3. The van der Waals surface area contributed by atoms with E-state index in [-0.39, 0.29) is 25.0 Å². The number of amides is 2. The van der Waals surface area contributed by atoms with E-state index in [1.165, 1.54) is 7.11 Å². The van der Waals surface area contributed by atoms with E-state index in [4.69, 9.17) is 21.1 Å². The topological polar surface area (TPSA) is 124 Å². The summed E-state index contributed by atoms with van der Waals surface area (Å²) < 4.78 is 18.1. The molecule has 1 saturated heterocycles. The van der Waals surface area contributed by atoms with E-state index in [0.29, 0.717) is 41.8 Å². The minimum absolute atomic E-state index is 0.0106. The van der Waals surface area contributed by atoms with Crippen molar-refractivity contribution >= 4 is 40.9 Å². The van der Waals surface area contributed by atoms with E-state index in [2.05, 4.69) is 25.4 Å². The molecule has 41 heavy (non-hydrogen) atoms. The molecule has 2 amide bonds. The summed E-state index contributed by atoms with van der Waals surface area (Å²) in [6.45, 7) is 2.54. The molecule has 2 N–H and O–H groups in total. The Balaban J connectivity index is 1.34. The van der Waals surface area contributed by atoms with Crippen molar-refractivity contribution in [3.63, 3.8) is 0 Å². The monoisotopic (exact) mass is 583 g/mol.